The molecule has 26 heavy (non-hydrogen) atoms. The first-order chi connectivity index (χ1) is 12.3. The predicted octanol–water partition coefficient (Wildman–Crippen LogP) is 2.28. The van der Waals surface area contributed by atoms with Crippen LogP contribution < -0.4 is 16.2 Å². The summed E-state index contributed by atoms with van der Waals surface area (Å²) in [4.78, 5) is 35.5. The minimum absolute atomic E-state index is 0.232. The van der Waals surface area contributed by atoms with Gasteiger partial charge in [-0.2, -0.15) is 0 Å². The molecule has 3 amide bonds. The first kappa shape index (κ1) is 19.2. The largest absolute Gasteiger partial charge is 0.343 e. The van der Waals surface area contributed by atoms with Gasteiger partial charge in [0.1, 0.15) is 0 Å². The fourth-order valence-corrected chi connectivity index (χ4v) is 2.07. The molecule has 2 aromatic carbocycles. The summed E-state index contributed by atoms with van der Waals surface area (Å²) < 4.78 is 0. The smallest absolute Gasteiger partial charge is 0.257 e. The quantitative estimate of drug-likeness (QED) is 0.737. The third kappa shape index (κ3) is 5.44. The highest BCUT2D eigenvalue weighted by molar-refractivity contribution is 5.97. The molecular formula is C20H23N3O3. The van der Waals surface area contributed by atoms with Crippen molar-refractivity contribution in [1.82, 2.24) is 16.2 Å². The normalized spacial score (nSPS) is 10.7. The Hall–Kier alpha value is -3.15. The Morgan fingerprint density at radius 1 is 0.808 bits per heavy atom. The molecule has 0 aliphatic heterocycles. The number of hydrogen-bond acceptors (Lipinski definition) is 3. The van der Waals surface area contributed by atoms with Crippen molar-refractivity contribution in [2.24, 2.45) is 5.41 Å². The summed E-state index contributed by atoms with van der Waals surface area (Å²) >= 11 is 0. The van der Waals surface area contributed by atoms with Gasteiger partial charge in [-0.3, -0.25) is 25.2 Å². The van der Waals surface area contributed by atoms with Crippen LogP contribution in [0.15, 0.2) is 54.6 Å². The molecule has 0 spiro atoms. The van der Waals surface area contributed by atoms with Crippen LogP contribution in [0.1, 0.15) is 31.1 Å². The molecule has 0 aliphatic carbocycles. The molecule has 0 fully saturated rings. The number of benzene rings is 2. The van der Waals surface area contributed by atoms with E-state index in [9.17, 15) is 14.4 Å². The highest BCUT2D eigenvalue weighted by Crippen LogP contribution is 2.19. The number of carbonyl (C=O) groups is 3. The lowest BCUT2D eigenvalue weighted by Gasteiger charge is -2.17. The molecule has 0 atom stereocenters. The Labute approximate surface area is 153 Å². The van der Waals surface area contributed by atoms with Crippen LogP contribution in [0.5, 0.6) is 0 Å². The van der Waals surface area contributed by atoms with E-state index in [1.807, 2.05) is 42.5 Å². The molecule has 0 saturated heterocycles. The van der Waals surface area contributed by atoms with E-state index in [4.69, 9.17) is 0 Å². The van der Waals surface area contributed by atoms with E-state index in [0.29, 0.717) is 5.56 Å². The summed E-state index contributed by atoms with van der Waals surface area (Å²) in [5, 5.41) is 2.52. The maximum atomic E-state index is 12.1. The molecule has 2 aromatic rings. The van der Waals surface area contributed by atoms with Gasteiger partial charge in [0, 0.05) is 11.0 Å². The standard InChI is InChI=1S/C20H23N3O3/c1-20(2,3)19(26)23-22-17(24)13-21-18(25)16-11-9-15(10-12-16)14-7-5-4-6-8-14/h4-12H,13H2,1-3H3,(H,21,25)(H,22,24)(H,23,26). The molecule has 6 nitrogen and oxygen atoms in total. The van der Waals surface area contributed by atoms with Crippen molar-refractivity contribution < 1.29 is 14.4 Å². The molecule has 0 bridgehead atoms. The second-order valence-corrected chi connectivity index (χ2v) is 6.88. The van der Waals surface area contributed by atoms with Gasteiger partial charge in [-0.1, -0.05) is 63.2 Å². The molecule has 136 valence electrons. The number of hydrogen-bond donors (Lipinski definition) is 3. The number of carbonyl (C=O) groups excluding carboxylic acids is 3. The van der Waals surface area contributed by atoms with Gasteiger partial charge in [0.2, 0.25) is 5.91 Å². The van der Waals surface area contributed by atoms with Gasteiger partial charge in [0.15, 0.2) is 0 Å². The van der Waals surface area contributed by atoms with Crippen molar-refractivity contribution in [3.63, 3.8) is 0 Å². The Balaban J connectivity index is 1.84. The van der Waals surface area contributed by atoms with Crippen LogP contribution >= 0.6 is 0 Å². The third-order valence-corrected chi connectivity index (χ3v) is 3.66. The van der Waals surface area contributed by atoms with E-state index in [0.717, 1.165) is 11.1 Å². The second-order valence-electron chi connectivity index (χ2n) is 6.88. The van der Waals surface area contributed by atoms with Gasteiger partial charge < -0.3 is 5.32 Å². The van der Waals surface area contributed by atoms with E-state index < -0.39 is 11.3 Å². The molecule has 0 aromatic heterocycles. The zero-order chi connectivity index (χ0) is 19.2. The first-order valence-electron chi connectivity index (χ1n) is 8.30. The Bertz CT molecular complexity index is 778. The van der Waals surface area contributed by atoms with Gasteiger partial charge in [-0.15, -0.1) is 0 Å². The fraction of sp³-hybridized carbons (Fsp3) is 0.250. The Kier molecular flexibility index (Phi) is 6.11. The molecule has 2 rings (SSSR count). The highest BCUT2D eigenvalue weighted by atomic mass is 16.2. The van der Waals surface area contributed by atoms with Gasteiger partial charge >= 0.3 is 0 Å². The van der Waals surface area contributed by atoms with E-state index >= 15 is 0 Å². The average Bonchev–Trinajstić information content (AvgIpc) is 2.64. The maximum absolute atomic E-state index is 12.1. The number of rotatable bonds is 4. The van der Waals surface area contributed by atoms with Gasteiger partial charge in [-0.05, 0) is 23.3 Å². The zero-order valence-corrected chi connectivity index (χ0v) is 15.1. The fourth-order valence-electron chi connectivity index (χ4n) is 2.07. The zero-order valence-electron chi connectivity index (χ0n) is 15.1. The summed E-state index contributed by atoms with van der Waals surface area (Å²) in [6, 6.07) is 17.0. The Morgan fingerprint density at radius 3 is 1.96 bits per heavy atom. The van der Waals surface area contributed by atoms with Crippen molar-refractivity contribution in [2.75, 3.05) is 6.54 Å². The maximum Gasteiger partial charge on any atom is 0.257 e. The molecule has 6 heteroatoms. The van der Waals surface area contributed by atoms with Crippen LogP contribution in [-0.2, 0) is 9.59 Å². The van der Waals surface area contributed by atoms with Gasteiger partial charge in [-0.25, -0.2) is 0 Å². The topological polar surface area (TPSA) is 87.3 Å². The predicted molar refractivity (Wildman–Crippen MR) is 100.0 cm³/mol. The highest BCUT2D eigenvalue weighted by Gasteiger charge is 2.21. The lowest BCUT2D eigenvalue weighted by molar-refractivity contribution is -0.133. The molecule has 0 saturated carbocycles. The molecular weight excluding hydrogens is 330 g/mol. The minimum atomic E-state index is -0.614. The van der Waals surface area contributed by atoms with Crippen molar-refractivity contribution in [1.29, 1.82) is 0 Å². The molecule has 0 aliphatic rings. The monoisotopic (exact) mass is 353 g/mol. The summed E-state index contributed by atoms with van der Waals surface area (Å²) in [7, 11) is 0. The lowest BCUT2D eigenvalue weighted by Crippen LogP contribution is -2.49. The second kappa shape index (κ2) is 8.29. The van der Waals surface area contributed by atoms with Crippen LogP contribution in [0.3, 0.4) is 0 Å². The van der Waals surface area contributed by atoms with E-state index in [1.165, 1.54) is 0 Å². The van der Waals surface area contributed by atoms with Gasteiger partial charge in [0.05, 0.1) is 6.54 Å². The van der Waals surface area contributed by atoms with Crippen LogP contribution in [-0.4, -0.2) is 24.3 Å². The summed E-state index contributed by atoms with van der Waals surface area (Å²) in [6.45, 7) is 4.96. The number of nitrogens with one attached hydrogen (secondary N) is 3. The molecule has 3 N–H and O–H groups in total. The molecule has 0 unspecified atom stereocenters. The SMILES string of the molecule is CC(C)(C)C(=O)NNC(=O)CNC(=O)c1ccc(-c2ccccc2)cc1. The van der Waals surface area contributed by atoms with Crippen molar-refractivity contribution >= 4 is 17.7 Å². The van der Waals surface area contributed by atoms with Gasteiger partial charge in [0.25, 0.3) is 11.8 Å². The summed E-state index contributed by atoms with van der Waals surface area (Å²) in [6.07, 6.45) is 0. The molecule has 0 heterocycles. The number of hydrazine groups is 1. The lowest BCUT2D eigenvalue weighted by atomic mass is 9.96. The Morgan fingerprint density at radius 2 is 1.38 bits per heavy atom. The van der Waals surface area contributed by atoms with E-state index in [1.54, 1.807) is 32.9 Å². The van der Waals surface area contributed by atoms with Crippen molar-refractivity contribution in [3.05, 3.63) is 60.2 Å². The van der Waals surface area contributed by atoms with Crippen LogP contribution in [0.2, 0.25) is 0 Å². The molecule has 0 radical (unpaired) electrons. The summed E-state index contributed by atoms with van der Waals surface area (Å²) in [5.41, 5.74) is 6.50. The summed E-state index contributed by atoms with van der Waals surface area (Å²) in [5.74, 6) is -1.17. The van der Waals surface area contributed by atoms with E-state index in [-0.39, 0.29) is 18.4 Å². The first-order valence-corrected chi connectivity index (χ1v) is 8.30. The van der Waals surface area contributed by atoms with Crippen molar-refractivity contribution in [2.45, 2.75) is 20.8 Å². The third-order valence-electron chi connectivity index (χ3n) is 3.66. The number of amides is 3. The van der Waals surface area contributed by atoms with Crippen LogP contribution in [0.4, 0.5) is 0 Å². The van der Waals surface area contributed by atoms with Crippen LogP contribution in [0, 0.1) is 5.41 Å². The average molecular weight is 353 g/mol. The van der Waals surface area contributed by atoms with Crippen LogP contribution in [0.25, 0.3) is 11.1 Å². The minimum Gasteiger partial charge on any atom is -0.343 e. The van der Waals surface area contributed by atoms with Crippen molar-refractivity contribution in [3.8, 4) is 11.1 Å². The van der Waals surface area contributed by atoms with E-state index in [2.05, 4.69) is 16.2 Å².